The Kier molecular flexibility index (Phi) is 4.48. The van der Waals surface area contributed by atoms with Gasteiger partial charge in [-0.2, -0.15) is 0 Å². The molecule has 3 aromatic rings. The van der Waals surface area contributed by atoms with Crippen LogP contribution in [0.2, 0.25) is 0 Å². The Bertz CT molecular complexity index is 956. The van der Waals surface area contributed by atoms with Gasteiger partial charge in [0.25, 0.3) is 11.6 Å². The molecule has 0 aliphatic heterocycles. The average Bonchev–Trinajstić information content (AvgIpc) is 2.99. The number of amides is 1. The molecule has 2 heterocycles. The smallest absolute Gasteiger partial charge is 0.271 e. The molecule has 25 heavy (non-hydrogen) atoms. The van der Waals surface area contributed by atoms with Crippen molar-refractivity contribution in [3.05, 3.63) is 62.9 Å². The van der Waals surface area contributed by atoms with Crippen molar-refractivity contribution < 1.29 is 9.72 Å². The van der Waals surface area contributed by atoms with Crippen LogP contribution in [0, 0.1) is 24.0 Å². The summed E-state index contributed by atoms with van der Waals surface area (Å²) in [6.07, 6.45) is 3.20. The number of thiazole rings is 1. The fourth-order valence-electron chi connectivity index (χ4n) is 2.15. The van der Waals surface area contributed by atoms with Crippen molar-refractivity contribution in [1.29, 1.82) is 0 Å². The largest absolute Gasteiger partial charge is 0.321 e. The van der Waals surface area contributed by atoms with Gasteiger partial charge in [-0.1, -0.05) is 6.07 Å². The van der Waals surface area contributed by atoms with E-state index in [2.05, 4.69) is 20.3 Å². The van der Waals surface area contributed by atoms with E-state index in [0.29, 0.717) is 27.1 Å². The third-order valence-electron chi connectivity index (χ3n) is 3.44. The molecule has 3 rings (SSSR count). The molecule has 0 unspecified atom stereocenters. The molecule has 0 radical (unpaired) electrons. The van der Waals surface area contributed by atoms with Crippen LogP contribution in [-0.4, -0.2) is 25.8 Å². The fourth-order valence-corrected chi connectivity index (χ4v) is 3.06. The number of aryl methyl sites for hydroxylation is 2. The second-order valence-corrected chi connectivity index (χ2v) is 6.22. The van der Waals surface area contributed by atoms with Gasteiger partial charge in [0.15, 0.2) is 10.8 Å². The number of carbonyl (C=O) groups excluding carboxylic acids is 1. The highest BCUT2D eigenvalue weighted by atomic mass is 32.1. The normalized spacial score (nSPS) is 10.5. The zero-order chi connectivity index (χ0) is 18.0. The topological polar surface area (TPSA) is 111 Å². The van der Waals surface area contributed by atoms with Gasteiger partial charge >= 0.3 is 0 Å². The number of aromatic nitrogens is 3. The first-order chi connectivity index (χ1) is 12.0. The first kappa shape index (κ1) is 16.7. The van der Waals surface area contributed by atoms with E-state index in [9.17, 15) is 14.9 Å². The lowest BCUT2D eigenvalue weighted by molar-refractivity contribution is -0.384. The molecule has 0 fully saturated rings. The van der Waals surface area contributed by atoms with Gasteiger partial charge in [0.05, 0.1) is 16.3 Å². The van der Waals surface area contributed by atoms with E-state index in [1.54, 1.807) is 38.4 Å². The number of nitrogens with one attached hydrogen (secondary N) is 1. The maximum atomic E-state index is 12.6. The average molecular weight is 355 g/mol. The van der Waals surface area contributed by atoms with Gasteiger partial charge in [0.1, 0.15) is 4.88 Å². The molecular formula is C16H13N5O3S. The van der Waals surface area contributed by atoms with E-state index in [4.69, 9.17) is 0 Å². The summed E-state index contributed by atoms with van der Waals surface area (Å²) in [5, 5.41) is 14.2. The Labute approximate surface area is 146 Å². The van der Waals surface area contributed by atoms with Crippen molar-refractivity contribution in [1.82, 2.24) is 15.0 Å². The molecule has 1 N–H and O–H groups in total. The number of nitro benzene ring substituents is 1. The number of nitrogens with zero attached hydrogens (tertiary/aromatic N) is 4. The standard InChI is InChI=1S/C16H13N5O3S/c1-9-4-5-11(21(23)24)8-12(9)20-15(22)13-10(2)19-16(25-13)14-17-6-3-7-18-14/h3-8H,1-2H3,(H,20,22). The summed E-state index contributed by atoms with van der Waals surface area (Å²) in [6.45, 7) is 3.49. The van der Waals surface area contributed by atoms with Crippen LogP contribution in [0.5, 0.6) is 0 Å². The summed E-state index contributed by atoms with van der Waals surface area (Å²) in [6, 6.07) is 6.03. The van der Waals surface area contributed by atoms with Crippen molar-refractivity contribution in [2.24, 2.45) is 0 Å². The number of benzene rings is 1. The van der Waals surface area contributed by atoms with Crippen LogP contribution in [0.15, 0.2) is 36.7 Å². The molecule has 0 aliphatic carbocycles. The lowest BCUT2D eigenvalue weighted by Gasteiger charge is -2.07. The summed E-state index contributed by atoms with van der Waals surface area (Å²) in [5.74, 6) is 0.0713. The Morgan fingerprint density at radius 1 is 1.24 bits per heavy atom. The zero-order valence-electron chi connectivity index (χ0n) is 13.4. The molecule has 0 atom stereocenters. The van der Waals surface area contributed by atoms with Crippen LogP contribution in [-0.2, 0) is 0 Å². The summed E-state index contributed by atoms with van der Waals surface area (Å²) in [5.41, 5.74) is 1.59. The number of carbonyl (C=O) groups is 1. The number of hydrogen-bond acceptors (Lipinski definition) is 7. The van der Waals surface area contributed by atoms with Crippen molar-refractivity contribution in [2.45, 2.75) is 13.8 Å². The van der Waals surface area contributed by atoms with Crippen LogP contribution < -0.4 is 5.32 Å². The second kappa shape index (κ2) is 6.73. The number of rotatable bonds is 4. The van der Waals surface area contributed by atoms with Crippen molar-refractivity contribution >= 4 is 28.6 Å². The predicted molar refractivity (Wildman–Crippen MR) is 93.7 cm³/mol. The molecular weight excluding hydrogens is 342 g/mol. The van der Waals surface area contributed by atoms with E-state index in [0.717, 1.165) is 5.56 Å². The molecule has 9 heteroatoms. The van der Waals surface area contributed by atoms with Crippen LogP contribution in [0.25, 0.3) is 10.8 Å². The quantitative estimate of drug-likeness (QED) is 0.567. The monoisotopic (exact) mass is 355 g/mol. The van der Waals surface area contributed by atoms with Gasteiger partial charge in [-0.15, -0.1) is 11.3 Å². The molecule has 126 valence electrons. The minimum Gasteiger partial charge on any atom is -0.321 e. The summed E-state index contributed by atoms with van der Waals surface area (Å²) >= 11 is 1.17. The van der Waals surface area contributed by atoms with Gasteiger partial charge in [-0.05, 0) is 25.5 Å². The number of hydrogen-bond donors (Lipinski definition) is 1. The first-order valence-electron chi connectivity index (χ1n) is 7.27. The molecule has 8 nitrogen and oxygen atoms in total. The Morgan fingerprint density at radius 3 is 2.64 bits per heavy atom. The van der Waals surface area contributed by atoms with Crippen LogP contribution >= 0.6 is 11.3 Å². The molecule has 0 bridgehead atoms. The number of non-ortho nitro benzene ring substituents is 1. The van der Waals surface area contributed by atoms with Gasteiger partial charge in [0.2, 0.25) is 0 Å². The Morgan fingerprint density at radius 2 is 1.96 bits per heavy atom. The maximum Gasteiger partial charge on any atom is 0.271 e. The Balaban J connectivity index is 1.89. The minimum atomic E-state index is -0.502. The highest BCUT2D eigenvalue weighted by molar-refractivity contribution is 7.17. The van der Waals surface area contributed by atoms with Crippen LogP contribution in [0.3, 0.4) is 0 Å². The SMILES string of the molecule is Cc1ccc([N+](=O)[O-])cc1NC(=O)c1sc(-c2ncccn2)nc1C. The second-order valence-electron chi connectivity index (χ2n) is 5.22. The summed E-state index contributed by atoms with van der Waals surface area (Å²) in [7, 11) is 0. The highest BCUT2D eigenvalue weighted by Crippen LogP contribution is 2.27. The lowest BCUT2D eigenvalue weighted by Crippen LogP contribution is -2.12. The van der Waals surface area contributed by atoms with Gasteiger partial charge in [-0.3, -0.25) is 14.9 Å². The van der Waals surface area contributed by atoms with E-state index in [-0.39, 0.29) is 11.6 Å². The number of anilines is 1. The van der Waals surface area contributed by atoms with Crippen LogP contribution in [0.4, 0.5) is 11.4 Å². The van der Waals surface area contributed by atoms with E-state index in [1.165, 1.54) is 23.5 Å². The molecule has 0 saturated carbocycles. The fraction of sp³-hybridized carbons (Fsp3) is 0.125. The molecule has 0 aliphatic rings. The van der Waals surface area contributed by atoms with Crippen LogP contribution in [0.1, 0.15) is 20.9 Å². The summed E-state index contributed by atoms with van der Waals surface area (Å²) in [4.78, 5) is 36.0. The predicted octanol–water partition coefficient (Wildman–Crippen LogP) is 3.38. The zero-order valence-corrected chi connectivity index (χ0v) is 14.2. The highest BCUT2D eigenvalue weighted by Gasteiger charge is 2.19. The van der Waals surface area contributed by atoms with Crippen molar-refractivity contribution in [2.75, 3.05) is 5.32 Å². The summed E-state index contributed by atoms with van der Waals surface area (Å²) < 4.78 is 0. The molecule has 2 aromatic heterocycles. The van der Waals surface area contributed by atoms with Gasteiger partial charge < -0.3 is 5.32 Å². The van der Waals surface area contributed by atoms with Crippen molar-refractivity contribution in [3.63, 3.8) is 0 Å². The van der Waals surface area contributed by atoms with E-state index < -0.39 is 4.92 Å². The molecule has 1 amide bonds. The molecule has 0 spiro atoms. The van der Waals surface area contributed by atoms with Crippen molar-refractivity contribution in [3.8, 4) is 10.8 Å². The third kappa shape index (κ3) is 3.50. The Hall–Kier alpha value is -3.20. The minimum absolute atomic E-state index is 0.0831. The lowest BCUT2D eigenvalue weighted by atomic mass is 10.2. The first-order valence-corrected chi connectivity index (χ1v) is 8.08. The number of nitro groups is 1. The third-order valence-corrected chi connectivity index (χ3v) is 4.59. The van der Waals surface area contributed by atoms with E-state index >= 15 is 0 Å². The maximum absolute atomic E-state index is 12.6. The van der Waals surface area contributed by atoms with E-state index in [1.807, 2.05) is 0 Å². The molecule has 0 saturated heterocycles. The van der Waals surface area contributed by atoms with Gasteiger partial charge in [-0.25, -0.2) is 15.0 Å². The molecule has 1 aromatic carbocycles. The van der Waals surface area contributed by atoms with Gasteiger partial charge in [0, 0.05) is 24.5 Å².